The summed E-state index contributed by atoms with van der Waals surface area (Å²) in [5, 5.41) is 8.22. The molecule has 0 saturated carbocycles. The van der Waals surface area contributed by atoms with Gasteiger partial charge in [-0.25, -0.2) is 0 Å². The van der Waals surface area contributed by atoms with Crippen molar-refractivity contribution >= 4 is 32.3 Å². The first-order valence-corrected chi connectivity index (χ1v) is 9.99. The highest BCUT2D eigenvalue weighted by Crippen LogP contribution is 2.42. The molecule has 0 amide bonds. The van der Waals surface area contributed by atoms with Crippen molar-refractivity contribution in [1.82, 2.24) is 0 Å². The number of aryl methyl sites for hydroxylation is 3. The Bertz CT molecular complexity index is 987. The van der Waals surface area contributed by atoms with Crippen molar-refractivity contribution in [2.24, 2.45) is 0 Å². The van der Waals surface area contributed by atoms with Gasteiger partial charge in [-0.3, -0.25) is 0 Å². The molecule has 0 N–H and O–H groups in total. The van der Waals surface area contributed by atoms with E-state index in [2.05, 4.69) is 64.1 Å². The lowest BCUT2D eigenvalue weighted by Gasteiger charge is -2.19. The molecule has 0 aromatic heterocycles. The van der Waals surface area contributed by atoms with Crippen LogP contribution in [0.25, 0.3) is 32.3 Å². The van der Waals surface area contributed by atoms with E-state index in [0.717, 1.165) is 25.2 Å². The molecule has 0 unspecified atom stereocenters. The van der Waals surface area contributed by atoms with Crippen LogP contribution in [-0.2, 0) is 6.42 Å². The van der Waals surface area contributed by atoms with Crippen LogP contribution in [0, 0.1) is 13.8 Å². The summed E-state index contributed by atoms with van der Waals surface area (Å²) in [6, 6.07) is 13.8. The zero-order chi connectivity index (χ0) is 18.3. The summed E-state index contributed by atoms with van der Waals surface area (Å²) in [7, 11) is 0. The third kappa shape index (κ3) is 2.61. The summed E-state index contributed by atoms with van der Waals surface area (Å²) in [5.41, 5.74) is 4.17. The number of ether oxygens (including phenoxy) is 1. The normalized spacial score (nSPS) is 11.8. The Morgan fingerprint density at radius 2 is 1.35 bits per heavy atom. The lowest BCUT2D eigenvalue weighted by Crippen LogP contribution is -1.99. The first kappa shape index (κ1) is 17.1. The van der Waals surface area contributed by atoms with Gasteiger partial charge >= 0.3 is 0 Å². The summed E-state index contributed by atoms with van der Waals surface area (Å²) in [4.78, 5) is 0. The highest BCUT2D eigenvalue weighted by Gasteiger charge is 2.16. The molecule has 0 saturated heterocycles. The quantitative estimate of drug-likeness (QED) is 0.333. The van der Waals surface area contributed by atoms with Crippen LogP contribution in [0.4, 0.5) is 0 Å². The van der Waals surface area contributed by atoms with Gasteiger partial charge in [0.25, 0.3) is 0 Å². The average Bonchev–Trinajstić information content (AvgIpc) is 2.65. The third-order valence-electron chi connectivity index (χ3n) is 5.62. The second-order valence-electron chi connectivity index (χ2n) is 7.57. The van der Waals surface area contributed by atoms with Crippen molar-refractivity contribution in [3.63, 3.8) is 0 Å². The van der Waals surface area contributed by atoms with E-state index in [1.165, 1.54) is 61.8 Å². The molecule has 4 aromatic carbocycles. The number of hydrogen-bond donors (Lipinski definition) is 0. The van der Waals surface area contributed by atoms with E-state index in [9.17, 15) is 0 Å². The lowest BCUT2D eigenvalue weighted by molar-refractivity contribution is 0.321. The smallest absolute Gasteiger partial charge is 0.127 e. The van der Waals surface area contributed by atoms with Gasteiger partial charge in [-0.2, -0.15) is 0 Å². The highest BCUT2D eigenvalue weighted by atomic mass is 16.5. The van der Waals surface area contributed by atoms with E-state index < -0.39 is 0 Å². The summed E-state index contributed by atoms with van der Waals surface area (Å²) < 4.78 is 6.12. The number of unbranched alkanes of at least 4 members (excludes halogenated alkanes) is 1. The molecule has 26 heavy (non-hydrogen) atoms. The summed E-state index contributed by atoms with van der Waals surface area (Å²) in [5.74, 6) is 1.03. The first-order valence-electron chi connectivity index (χ1n) is 9.99. The second-order valence-corrected chi connectivity index (χ2v) is 7.57. The van der Waals surface area contributed by atoms with Gasteiger partial charge in [0.15, 0.2) is 0 Å². The van der Waals surface area contributed by atoms with E-state index >= 15 is 0 Å². The van der Waals surface area contributed by atoms with E-state index in [1.54, 1.807) is 0 Å². The number of benzene rings is 4. The van der Waals surface area contributed by atoms with Crippen LogP contribution in [0.1, 0.15) is 49.8 Å². The third-order valence-corrected chi connectivity index (χ3v) is 5.62. The maximum atomic E-state index is 6.12. The van der Waals surface area contributed by atoms with Gasteiger partial charge in [0, 0.05) is 10.8 Å². The molecule has 4 rings (SSSR count). The second kappa shape index (κ2) is 6.79. The summed E-state index contributed by atoms with van der Waals surface area (Å²) in [6.07, 6.45) is 4.66. The maximum Gasteiger partial charge on any atom is 0.127 e. The van der Waals surface area contributed by atoms with Crippen LogP contribution in [0.5, 0.6) is 5.75 Å². The largest absolute Gasteiger partial charge is 0.493 e. The fraction of sp³-hybridized carbons (Fsp3) is 0.360. The van der Waals surface area contributed by atoms with E-state index in [0.29, 0.717) is 0 Å². The average molecular weight is 344 g/mol. The minimum Gasteiger partial charge on any atom is -0.493 e. The van der Waals surface area contributed by atoms with Crippen molar-refractivity contribution < 1.29 is 4.74 Å². The van der Waals surface area contributed by atoms with E-state index in [-0.39, 0.29) is 0 Å². The van der Waals surface area contributed by atoms with Gasteiger partial charge in [0.2, 0.25) is 0 Å². The summed E-state index contributed by atoms with van der Waals surface area (Å²) in [6.45, 7) is 9.65. The Morgan fingerprint density at radius 1 is 0.731 bits per heavy atom. The molecule has 4 aromatic rings. The molecule has 0 aliphatic carbocycles. The zero-order valence-corrected chi connectivity index (χ0v) is 16.4. The van der Waals surface area contributed by atoms with Gasteiger partial charge in [-0.05, 0) is 83.5 Å². The van der Waals surface area contributed by atoms with E-state index in [4.69, 9.17) is 4.74 Å². The number of rotatable bonds is 6. The lowest BCUT2D eigenvalue weighted by atomic mass is 9.87. The van der Waals surface area contributed by atoms with Gasteiger partial charge in [0.05, 0.1) is 6.61 Å². The molecule has 0 spiro atoms. The van der Waals surface area contributed by atoms with Crippen molar-refractivity contribution in [2.45, 2.75) is 53.4 Å². The Hall–Kier alpha value is -2.28. The molecular weight excluding hydrogens is 316 g/mol. The van der Waals surface area contributed by atoms with Gasteiger partial charge in [-0.15, -0.1) is 0 Å². The van der Waals surface area contributed by atoms with Crippen molar-refractivity contribution in [2.75, 3.05) is 6.61 Å². The Morgan fingerprint density at radius 3 is 2.04 bits per heavy atom. The Balaban J connectivity index is 2.11. The Labute approximate surface area is 156 Å². The minimum atomic E-state index is 0.768. The molecule has 0 bridgehead atoms. The molecule has 0 fully saturated rings. The van der Waals surface area contributed by atoms with Crippen LogP contribution >= 0.6 is 0 Å². The molecule has 0 heterocycles. The minimum absolute atomic E-state index is 0.768. The molecular formula is C25H28O. The highest BCUT2D eigenvalue weighted by molar-refractivity contribution is 6.25. The molecule has 0 aliphatic rings. The fourth-order valence-corrected chi connectivity index (χ4v) is 4.30. The Kier molecular flexibility index (Phi) is 4.48. The predicted octanol–water partition coefficient (Wildman–Crippen LogP) is 7.33. The molecule has 0 aliphatic heterocycles. The zero-order valence-electron chi connectivity index (χ0n) is 16.4. The van der Waals surface area contributed by atoms with Crippen LogP contribution in [0.3, 0.4) is 0 Å². The molecule has 1 nitrogen and oxygen atoms in total. The van der Waals surface area contributed by atoms with E-state index in [1.807, 2.05) is 0 Å². The van der Waals surface area contributed by atoms with Crippen LogP contribution < -0.4 is 4.74 Å². The van der Waals surface area contributed by atoms with Crippen LogP contribution in [0.2, 0.25) is 0 Å². The first-order chi connectivity index (χ1) is 12.7. The topological polar surface area (TPSA) is 9.23 Å². The standard InChI is InChI=1S/C25H28O/c1-5-7-8-18-14-16(3)19-9-10-20-17(4)15-23(26-13-6-2)22-12-11-21(18)24(19)25(20)22/h9-12,14-15H,5-8,13H2,1-4H3. The molecule has 1 heteroatoms. The maximum absolute atomic E-state index is 6.12. The molecule has 134 valence electrons. The molecule has 0 radical (unpaired) electrons. The fourth-order valence-electron chi connectivity index (χ4n) is 4.30. The van der Waals surface area contributed by atoms with Crippen molar-refractivity contribution in [3.05, 3.63) is 53.1 Å². The van der Waals surface area contributed by atoms with Gasteiger partial charge in [0.1, 0.15) is 5.75 Å². The van der Waals surface area contributed by atoms with Crippen molar-refractivity contribution in [3.8, 4) is 5.75 Å². The molecule has 0 atom stereocenters. The van der Waals surface area contributed by atoms with Crippen LogP contribution in [0.15, 0.2) is 36.4 Å². The summed E-state index contributed by atoms with van der Waals surface area (Å²) >= 11 is 0. The number of hydrogen-bond acceptors (Lipinski definition) is 1. The van der Waals surface area contributed by atoms with Gasteiger partial charge in [-0.1, -0.05) is 44.5 Å². The monoisotopic (exact) mass is 344 g/mol. The predicted molar refractivity (Wildman–Crippen MR) is 114 cm³/mol. The van der Waals surface area contributed by atoms with Gasteiger partial charge < -0.3 is 4.74 Å². The SMILES string of the molecule is CCCCc1cc(C)c2ccc3c(C)cc(OCCC)c4ccc1c2c34. The van der Waals surface area contributed by atoms with Crippen molar-refractivity contribution in [1.29, 1.82) is 0 Å². The van der Waals surface area contributed by atoms with Crippen LogP contribution in [-0.4, -0.2) is 6.61 Å².